The van der Waals surface area contributed by atoms with Gasteiger partial charge < -0.3 is 4.42 Å². The van der Waals surface area contributed by atoms with E-state index in [-0.39, 0.29) is 15.3 Å². The number of hydrogen-bond acceptors (Lipinski definition) is 4. The van der Waals surface area contributed by atoms with Crippen LogP contribution in [0.5, 0.6) is 0 Å². The number of fused-ring (bicyclic) bond motifs is 1. The van der Waals surface area contributed by atoms with Crippen LogP contribution in [-0.4, -0.2) is 8.42 Å². The van der Waals surface area contributed by atoms with Gasteiger partial charge in [0.05, 0.1) is 10.6 Å². The number of aryl methyl sites for hydroxylation is 2. The van der Waals surface area contributed by atoms with E-state index in [0.717, 1.165) is 16.7 Å². The summed E-state index contributed by atoms with van der Waals surface area (Å²) in [5.74, 6) is 0. The lowest BCUT2D eigenvalue weighted by Crippen LogP contribution is -2.16. The molecule has 5 heteroatoms. The lowest BCUT2D eigenvalue weighted by Gasteiger charge is -2.08. The molecular weight excluding hydrogens is 382 g/mol. The van der Waals surface area contributed by atoms with Gasteiger partial charge in [-0.05, 0) is 62.2 Å². The highest BCUT2D eigenvalue weighted by molar-refractivity contribution is 7.91. The first kappa shape index (κ1) is 19.2. The standard InChI is InChI=1S/C24H21NO3S/c1-16-11-13-20(14-12-16)29(26,27)23-15-19-8-4-5-10-22(19)28-24(23)25-21-9-6-7-17(2)18(21)3/h4-15H,1-3H3. The van der Waals surface area contributed by atoms with E-state index in [1.165, 1.54) is 0 Å². The fraction of sp³-hybridized carbons (Fsp3) is 0.125. The van der Waals surface area contributed by atoms with Crippen LogP contribution >= 0.6 is 0 Å². The van der Waals surface area contributed by atoms with E-state index in [0.29, 0.717) is 16.7 Å². The van der Waals surface area contributed by atoms with Gasteiger partial charge in [-0.2, -0.15) is 0 Å². The van der Waals surface area contributed by atoms with Crippen molar-refractivity contribution in [3.63, 3.8) is 0 Å². The van der Waals surface area contributed by atoms with Gasteiger partial charge in [0.2, 0.25) is 15.4 Å². The molecule has 3 aromatic carbocycles. The summed E-state index contributed by atoms with van der Waals surface area (Å²) in [7, 11) is -3.81. The average Bonchev–Trinajstić information content (AvgIpc) is 2.71. The van der Waals surface area contributed by atoms with Crippen molar-refractivity contribution in [1.82, 2.24) is 0 Å². The number of sulfone groups is 1. The third-order valence-corrected chi connectivity index (χ3v) is 6.81. The number of nitrogens with zero attached hydrogens (tertiary/aromatic N) is 1. The maximum atomic E-state index is 13.4. The zero-order valence-corrected chi connectivity index (χ0v) is 17.3. The summed E-state index contributed by atoms with van der Waals surface area (Å²) in [5, 5.41) is 0.707. The summed E-state index contributed by atoms with van der Waals surface area (Å²) < 4.78 is 32.8. The van der Waals surface area contributed by atoms with Gasteiger partial charge >= 0.3 is 0 Å². The van der Waals surface area contributed by atoms with Crippen molar-refractivity contribution in [2.24, 2.45) is 4.99 Å². The highest BCUT2D eigenvalue weighted by Crippen LogP contribution is 2.25. The molecule has 0 bridgehead atoms. The van der Waals surface area contributed by atoms with E-state index in [4.69, 9.17) is 4.42 Å². The Morgan fingerprint density at radius 3 is 2.31 bits per heavy atom. The zero-order valence-electron chi connectivity index (χ0n) is 16.5. The molecule has 4 aromatic rings. The molecule has 0 unspecified atom stereocenters. The third-order valence-electron chi connectivity index (χ3n) is 5.04. The molecule has 0 saturated heterocycles. The van der Waals surface area contributed by atoms with Gasteiger partial charge in [0.1, 0.15) is 10.5 Å². The van der Waals surface area contributed by atoms with Gasteiger partial charge in [0.15, 0.2) is 0 Å². The van der Waals surface area contributed by atoms with Crippen LogP contribution in [0.25, 0.3) is 11.0 Å². The Labute approximate surface area is 170 Å². The predicted molar refractivity (Wildman–Crippen MR) is 114 cm³/mol. The summed E-state index contributed by atoms with van der Waals surface area (Å²) >= 11 is 0. The Hall–Kier alpha value is -3.18. The minimum absolute atomic E-state index is 0.0564. The Morgan fingerprint density at radius 1 is 0.828 bits per heavy atom. The first-order chi connectivity index (χ1) is 13.9. The summed E-state index contributed by atoms with van der Waals surface area (Å²) in [4.78, 5) is 4.89. The van der Waals surface area contributed by atoms with E-state index in [1.807, 2.05) is 57.2 Å². The van der Waals surface area contributed by atoms with Crippen LogP contribution in [0.3, 0.4) is 0 Å². The first-order valence-electron chi connectivity index (χ1n) is 9.32. The molecule has 0 fully saturated rings. The Bertz CT molecular complexity index is 1380. The lowest BCUT2D eigenvalue weighted by atomic mass is 10.1. The van der Waals surface area contributed by atoms with Crippen molar-refractivity contribution < 1.29 is 12.8 Å². The molecule has 146 valence electrons. The van der Waals surface area contributed by atoms with Crippen LogP contribution in [0.1, 0.15) is 16.7 Å². The van der Waals surface area contributed by atoms with Crippen LogP contribution in [-0.2, 0) is 9.84 Å². The summed E-state index contributed by atoms with van der Waals surface area (Å²) in [6.45, 7) is 5.88. The van der Waals surface area contributed by atoms with E-state index in [9.17, 15) is 8.42 Å². The number of benzene rings is 3. The lowest BCUT2D eigenvalue weighted by molar-refractivity contribution is 0.517. The fourth-order valence-electron chi connectivity index (χ4n) is 3.13. The predicted octanol–water partition coefficient (Wildman–Crippen LogP) is 5.42. The summed E-state index contributed by atoms with van der Waals surface area (Å²) in [6, 6.07) is 21.5. The molecular formula is C24H21NO3S. The number of hydrogen-bond donors (Lipinski definition) is 0. The van der Waals surface area contributed by atoms with Crippen LogP contribution in [0.15, 0.2) is 92.0 Å². The minimum Gasteiger partial charge on any atom is -0.437 e. The molecule has 0 aliphatic rings. The molecule has 29 heavy (non-hydrogen) atoms. The SMILES string of the molecule is Cc1ccc(S(=O)(=O)c2cc3ccccc3oc2=Nc2cccc(C)c2C)cc1. The molecule has 4 nitrogen and oxygen atoms in total. The second-order valence-corrected chi connectivity index (χ2v) is 9.02. The quantitative estimate of drug-likeness (QED) is 0.459. The minimum atomic E-state index is -3.81. The Morgan fingerprint density at radius 2 is 1.55 bits per heavy atom. The third kappa shape index (κ3) is 3.61. The summed E-state index contributed by atoms with van der Waals surface area (Å²) in [5.41, 5.74) is 4.40. The smallest absolute Gasteiger partial charge is 0.239 e. The maximum Gasteiger partial charge on any atom is 0.239 e. The molecule has 0 aliphatic carbocycles. The normalized spacial score (nSPS) is 12.4. The zero-order chi connectivity index (χ0) is 20.6. The van der Waals surface area contributed by atoms with Gasteiger partial charge in [0.25, 0.3) is 0 Å². The monoisotopic (exact) mass is 403 g/mol. The second-order valence-electron chi connectivity index (χ2n) is 7.10. The van der Waals surface area contributed by atoms with Crippen molar-refractivity contribution in [2.45, 2.75) is 30.6 Å². The Balaban J connectivity index is 2.05. The number of rotatable bonds is 3. The first-order valence-corrected chi connectivity index (χ1v) is 10.8. The van der Waals surface area contributed by atoms with E-state index in [2.05, 4.69) is 4.99 Å². The van der Waals surface area contributed by atoms with Crippen LogP contribution in [0.2, 0.25) is 0 Å². The van der Waals surface area contributed by atoms with Crippen molar-refractivity contribution >= 4 is 26.5 Å². The van der Waals surface area contributed by atoms with Crippen LogP contribution in [0, 0.1) is 20.8 Å². The Kier molecular flexibility index (Phi) is 4.84. The molecule has 4 rings (SSSR count). The van der Waals surface area contributed by atoms with Crippen LogP contribution < -0.4 is 5.55 Å². The molecule has 1 aromatic heterocycles. The topological polar surface area (TPSA) is 59.6 Å². The highest BCUT2D eigenvalue weighted by atomic mass is 32.2. The second kappa shape index (κ2) is 7.33. The fourth-order valence-corrected chi connectivity index (χ4v) is 4.48. The highest BCUT2D eigenvalue weighted by Gasteiger charge is 2.22. The summed E-state index contributed by atoms with van der Waals surface area (Å²) in [6.07, 6.45) is 0. The van der Waals surface area contributed by atoms with Gasteiger partial charge in [-0.15, -0.1) is 0 Å². The average molecular weight is 404 g/mol. The van der Waals surface area contributed by atoms with Gasteiger partial charge in [0, 0.05) is 5.39 Å². The molecule has 0 spiro atoms. The molecule has 0 saturated carbocycles. The number of para-hydroxylation sites is 1. The molecule has 0 radical (unpaired) electrons. The molecule has 0 amide bonds. The van der Waals surface area contributed by atoms with Crippen molar-refractivity contribution in [1.29, 1.82) is 0 Å². The van der Waals surface area contributed by atoms with E-state index >= 15 is 0 Å². The van der Waals surface area contributed by atoms with Crippen molar-refractivity contribution in [3.05, 3.63) is 95.0 Å². The van der Waals surface area contributed by atoms with Gasteiger partial charge in [-0.3, -0.25) is 0 Å². The van der Waals surface area contributed by atoms with E-state index in [1.54, 1.807) is 36.4 Å². The molecule has 0 atom stereocenters. The molecule has 0 aliphatic heterocycles. The molecule has 1 heterocycles. The van der Waals surface area contributed by atoms with Crippen molar-refractivity contribution in [2.75, 3.05) is 0 Å². The van der Waals surface area contributed by atoms with Gasteiger partial charge in [-0.1, -0.05) is 48.0 Å². The van der Waals surface area contributed by atoms with Crippen molar-refractivity contribution in [3.8, 4) is 0 Å². The van der Waals surface area contributed by atoms with E-state index < -0.39 is 9.84 Å². The molecule has 0 N–H and O–H groups in total. The van der Waals surface area contributed by atoms with Gasteiger partial charge in [-0.25, -0.2) is 13.4 Å². The largest absolute Gasteiger partial charge is 0.437 e. The van der Waals surface area contributed by atoms with Crippen LogP contribution in [0.4, 0.5) is 5.69 Å². The maximum absolute atomic E-state index is 13.4.